The molecule has 3 heteroatoms. The van der Waals surface area contributed by atoms with Crippen LogP contribution in [0.4, 0.5) is 5.69 Å². The lowest BCUT2D eigenvalue weighted by Crippen LogP contribution is -2.43. The summed E-state index contributed by atoms with van der Waals surface area (Å²) < 4.78 is 5.16. The lowest BCUT2D eigenvalue weighted by molar-refractivity contribution is 0.415. The van der Waals surface area contributed by atoms with Crippen molar-refractivity contribution in [3.8, 4) is 5.75 Å². The molecule has 0 saturated heterocycles. The van der Waals surface area contributed by atoms with E-state index in [0.29, 0.717) is 6.04 Å². The van der Waals surface area contributed by atoms with Crippen molar-refractivity contribution in [1.29, 1.82) is 0 Å². The van der Waals surface area contributed by atoms with Gasteiger partial charge in [0.1, 0.15) is 5.75 Å². The molecule has 1 heterocycles. The van der Waals surface area contributed by atoms with Crippen molar-refractivity contribution in [1.82, 2.24) is 0 Å². The van der Waals surface area contributed by atoms with Gasteiger partial charge in [0.25, 0.3) is 0 Å². The van der Waals surface area contributed by atoms with Gasteiger partial charge in [0.05, 0.1) is 19.7 Å². The van der Waals surface area contributed by atoms with Crippen molar-refractivity contribution in [2.75, 3.05) is 25.1 Å². The van der Waals surface area contributed by atoms with E-state index >= 15 is 0 Å². The Bertz CT molecular complexity index is 383. The number of aliphatic imine (C=N–C) groups is 1. The Morgan fingerprint density at radius 1 is 1.31 bits per heavy atom. The summed E-state index contributed by atoms with van der Waals surface area (Å²) >= 11 is 0. The van der Waals surface area contributed by atoms with Crippen molar-refractivity contribution in [2.45, 2.75) is 19.9 Å². The first-order valence-corrected chi connectivity index (χ1v) is 5.64. The van der Waals surface area contributed by atoms with E-state index in [9.17, 15) is 0 Å². The molecule has 0 amide bonds. The SMILES string of the molecule is COc1ccc(N2CCN=C(C)C2C)cc1. The van der Waals surface area contributed by atoms with Gasteiger partial charge < -0.3 is 9.64 Å². The monoisotopic (exact) mass is 218 g/mol. The third-order valence-electron chi connectivity index (χ3n) is 3.18. The van der Waals surface area contributed by atoms with Gasteiger partial charge in [0, 0.05) is 17.9 Å². The summed E-state index contributed by atoms with van der Waals surface area (Å²) in [4.78, 5) is 6.85. The summed E-state index contributed by atoms with van der Waals surface area (Å²) in [6.07, 6.45) is 0. The van der Waals surface area contributed by atoms with E-state index in [1.54, 1.807) is 7.11 Å². The molecule has 0 radical (unpaired) electrons. The molecule has 2 rings (SSSR count). The van der Waals surface area contributed by atoms with Crippen LogP contribution in [0.5, 0.6) is 5.75 Å². The highest BCUT2D eigenvalue weighted by atomic mass is 16.5. The Labute approximate surface area is 96.7 Å². The molecular formula is C13H18N2O. The molecule has 0 aliphatic carbocycles. The topological polar surface area (TPSA) is 24.8 Å². The maximum Gasteiger partial charge on any atom is 0.119 e. The molecule has 16 heavy (non-hydrogen) atoms. The maximum atomic E-state index is 5.16. The highest BCUT2D eigenvalue weighted by Crippen LogP contribution is 2.22. The molecule has 0 fully saturated rings. The van der Waals surface area contributed by atoms with Gasteiger partial charge in [0.15, 0.2) is 0 Å². The highest BCUT2D eigenvalue weighted by Gasteiger charge is 2.19. The molecule has 1 aromatic rings. The minimum absolute atomic E-state index is 0.391. The number of methoxy groups -OCH3 is 1. The minimum atomic E-state index is 0.391. The van der Waals surface area contributed by atoms with Crippen LogP contribution in [0.1, 0.15) is 13.8 Å². The molecule has 86 valence electrons. The number of benzene rings is 1. The van der Waals surface area contributed by atoms with Crippen LogP contribution in [-0.4, -0.2) is 32.0 Å². The number of hydrogen-bond acceptors (Lipinski definition) is 3. The van der Waals surface area contributed by atoms with Gasteiger partial charge >= 0.3 is 0 Å². The van der Waals surface area contributed by atoms with Gasteiger partial charge in [-0.05, 0) is 38.1 Å². The van der Waals surface area contributed by atoms with Gasteiger partial charge in [-0.2, -0.15) is 0 Å². The quantitative estimate of drug-likeness (QED) is 0.761. The zero-order valence-corrected chi connectivity index (χ0v) is 10.1. The zero-order chi connectivity index (χ0) is 11.5. The number of ether oxygens (including phenoxy) is 1. The van der Waals surface area contributed by atoms with Crippen LogP contribution in [0.2, 0.25) is 0 Å². The molecule has 0 saturated carbocycles. The summed E-state index contributed by atoms with van der Waals surface area (Å²) in [5, 5.41) is 0. The van der Waals surface area contributed by atoms with E-state index in [0.717, 1.165) is 18.8 Å². The second-order valence-corrected chi connectivity index (χ2v) is 4.09. The largest absolute Gasteiger partial charge is 0.497 e. The Morgan fingerprint density at radius 2 is 2.00 bits per heavy atom. The first-order valence-electron chi connectivity index (χ1n) is 5.64. The standard InChI is InChI=1S/C13H18N2O/c1-10-11(2)15(9-8-14-10)12-4-6-13(16-3)7-5-12/h4-7,11H,8-9H2,1-3H3. The highest BCUT2D eigenvalue weighted by molar-refractivity contribution is 5.90. The first kappa shape index (κ1) is 11.0. The van der Waals surface area contributed by atoms with Crippen LogP contribution >= 0.6 is 0 Å². The molecule has 1 aromatic carbocycles. The van der Waals surface area contributed by atoms with Crippen molar-refractivity contribution >= 4 is 11.4 Å². The second-order valence-electron chi connectivity index (χ2n) is 4.09. The fourth-order valence-electron chi connectivity index (χ4n) is 2.01. The second kappa shape index (κ2) is 4.56. The van der Waals surface area contributed by atoms with E-state index in [4.69, 9.17) is 4.74 Å². The maximum absolute atomic E-state index is 5.16. The molecule has 0 bridgehead atoms. The molecule has 0 spiro atoms. The van der Waals surface area contributed by atoms with Gasteiger partial charge in [-0.1, -0.05) is 0 Å². The van der Waals surface area contributed by atoms with E-state index < -0.39 is 0 Å². The normalized spacial score (nSPS) is 20.6. The predicted molar refractivity (Wildman–Crippen MR) is 67.8 cm³/mol. The molecule has 1 aliphatic heterocycles. The average molecular weight is 218 g/mol. The van der Waals surface area contributed by atoms with Crippen molar-refractivity contribution in [3.05, 3.63) is 24.3 Å². The lowest BCUT2D eigenvalue weighted by atomic mass is 10.1. The number of rotatable bonds is 2. The number of nitrogens with zero attached hydrogens (tertiary/aromatic N) is 2. The van der Waals surface area contributed by atoms with Gasteiger partial charge in [-0.25, -0.2) is 0 Å². The molecule has 3 nitrogen and oxygen atoms in total. The van der Waals surface area contributed by atoms with Crippen molar-refractivity contribution in [2.24, 2.45) is 4.99 Å². The van der Waals surface area contributed by atoms with Gasteiger partial charge in [-0.15, -0.1) is 0 Å². The van der Waals surface area contributed by atoms with Crippen LogP contribution in [-0.2, 0) is 0 Å². The van der Waals surface area contributed by atoms with Gasteiger partial charge in [0.2, 0.25) is 0 Å². The Hall–Kier alpha value is -1.51. The van der Waals surface area contributed by atoms with Crippen LogP contribution in [0.15, 0.2) is 29.3 Å². The number of anilines is 1. The molecule has 0 N–H and O–H groups in total. The third-order valence-corrected chi connectivity index (χ3v) is 3.18. The van der Waals surface area contributed by atoms with Crippen molar-refractivity contribution in [3.63, 3.8) is 0 Å². The number of hydrogen-bond donors (Lipinski definition) is 0. The summed E-state index contributed by atoms with van der Waals surface area (Å²) in [5.74, 6) is 0.902. The van der Waals surface area contributed by atoms with Crippen LogP contribution in [0.3, 0.4) is 0 Å². The van der Waals surface area contributed by atoms with E-state index in [-0.39, 0.29) is 0 Å². The Balaban J connectivity index is 2.20. The molecule has 0 aromatic heterocycles. The summed E-state index contributed by atoms with van der Waals surface area (Å²) in [7, 11) is 1.69. The molecular weight excluding hydrogens is 200 g/mol. The van der Waals surface area contributed by atoms with E-state index in [2.05, 4.69) is 35.9 Å². The van der Waals surface area contributed by atoms with Gasteiger partial charge in [-0.3, -0.25) is 4.99 Å². The summed E-state index contributed by atoms with van der Waals surface area (Å²) in [5.41, 5.74) is 2.45. The average Bonchev–Trinajstić information content (AvgIpc) is 2.33. The summed E-state index contributed by atoms with van der Waals surface area (Å²) in [6.45, 7) is 6.18. The molecule has 1 unspecified atom stereocenters. The lowest BCUT2D eigenvalue weighted by Gasteiger charge is -2.34. The van der Waals surface area contributed by atoms with Crippen LogP contribution in [0, 0.1) is 0 Å². The predicted octanol–water partition coefficient (Wildman–Crippen LogP) is 2.36. The Morgan fingerprint density at radius 3 is 2.62 bits per heavy atom. The smallest absolute Gasteiger partial charge is 0.119 e. The van der Waals surface area contributed by atoms with Crippen molar-refractivity contribution < 1.29 is 4.74 Å². The third kappa shape index (κ3) is 2.03. The van der Waals surface area contributed by atoms with E-state index in [1.807, 2.05) is 12.1 Å². The zero-order valence-electron chi connectivity index (χ0n) is 10.1. The first-order chi connectivity index (χ1) is 7.72. The van der Waals surface area contributed by atoms with Crippen LogP contribution in [0.25, 0.3) is 0 Å². The molecule has 1 atom stereocenters. The van der Waals surface area contributed by atoms with Crippen LogP contribution < -0.4 is 9.64 Å². The fourth-order valence-corrected chi connectivity index (χ4v) is 2.01. The minimum Gasteiger partial charge on any atom is -0.497 e. The summed E-state index contributed by atoms with van der Waals surface area (Å²) in [6, 6.07) is 8.61. The van der Waals surface area contributed by atoms with E-state index in [1.165, 1.54) is 11.4 Å². The molecule has 1 aliphatic rings. The fraction of sp³-hybridized carbons (Fsp3) is 0.462. The Kier molecular flexibility index (Phi) is 3.13.